The van der Waals surface area contributed by atoms with Crippen LogP contribution in [-0.4, -0.2) is 13.1 Å². The molecule has 0 atom stereocenters. The minimum Gasteiger partial charge on any atom is -0.493 e. The Morgan fingerprint density at radius 1 is 0.897 bits per heavy atom. The van der Waals surface area contributed by atoms with Crippen molar-refractivity contribution >= 4 is 40.8 Å². The number of ether oxygens (including phenoxy) is 2. The van der Waals surface area contributed by atoms with Gasteiger partial charge >= 0.3 is 5.97 Å². The second kappa shape index (κ2) is 9.29. The van der Waals surface area contributed by atoms with Crippen molar-refractivity contribution in [3.05, 3.63) is 93.5 Å². The lowest BCUT2D eigenvalue weighted by atomic mass is 10.0. The maximum Gasteiger partial charge on any atom is 0.343 e. The number of allylic oxidation sites excluding steroid dienone is 1. The molecule has 0 heterocycles. The van der Waals surface area contributed by atoms with E-state index in [9.17, 15) is 10.1 Å². The maximum atomic E-state index is 12.3. The molecule has 0 amide bonds. The van der Waals surface area contributed by atoms with Crippen molar-refractivity contribution in [3.63, 3.8) is 0 Å². The molecular weight excluding hydrogens is 409 g/mol. The smallest absolute Gasteiger partial charge is 0.343 e. The molecule has 0 saturated carbocycles. The predicted molar refractivity (Wildman–Crippen MR) is 114 cm³/mol. The van der Waals surface area contributed by atoms with Crippen LogP contribution in [0, 0.1) is 11.3 Å². The fourth-order valence-corrected chi connectivity index (χ4v) is 2.83. The molecule has 0 N–H and O–H groups in total. The van der Waals surface area contributed by atoms with Gasteiger partial charge in [0.2, 0.25) is 0 Å². The Kier molecular flexibility index (Phi) is 6.56. The molecule has 0 aromatic heterocycles. The minimum atomic E-state index is -0.526. The highest BCUT2D eigenvalue weighted by Gasteiger charge is 2.13. The Bertz CT molecular complexity index is 1100. The van der Waals surface area contributed by atoms with Crippen LogP contribution >= 0.6 is 23.2 Å². The van der Waals surface area contributed by atoms with Crippen LogP contribution in [0.1, 0.15) is 21.5 Å². The van der Waals surface area contributed by atoms with Gasteiger partial charge in [-0.2, -0.15) is 5.26 Å². The third-order valence-electron chi connectivity index (χ3n) is 4.06. The number of methoxy groups -OCH3 is 1. The van der Waals surface area contributed by atoms with Crippen LogP contribution in [-0.2, 0) is 0 Å². The van der Waals surface area contributed by atoms with Crippen molar-refractivity contribution in [2.24, 2.45) is 0 Å². The molecule has 29 heavy (non-hydrogen) atoms. The van der Waals surface area contributed by atoms with Crippen molar-refractivity contribution in [2.45, 2.75) is 0 Å². The first-order chi connectivity index (χ1) is 14.0. The van der Waals surface area contributed by atoms with Gasteiger partial charge in [0.25, 0.3) is 0 Å². The third-order valence-corrected chi connectivity index (χ3v) is 4.56. The van der Waals surface area contributed by atoms with Gasteiger partial charge in [-0.15, -0.1) is 0 Å². The summed E-state index contributed by atoms with van der Waals surface area (Å²) in [5.41, 5.74) is 2.30. The molecule has 6 heteroatoms. The number of esters is 1. The van der Waals surface area contributed by atoms with Crippen molar-refractivity contribution in [2.75, 3.05) is 7.11 Å². The van der Waals surface area contributed by atoms with E-state index in [0.29, 0.717) is 26.9 Å². The molecule has 3 aromatic rings. The zero-order chi connectivity index (χ0) is 20.8. The van der Waals surface area contributed by atoms with E-state index >= 15 is 0 Å². The number of hydrogen-bond donors (Lipinski definition) is 0. The fraction of sp³-hybridized carbons (Fsp3) is 0.0435. The lowest BCUT2D eigenvalue weighted by Crippen LogP contribution is -2.09. The van der Waals surface area contributed by atoms with Gasteiger partial charge in [-0.25, -0.2) is 4.79 Å². The van der Waals surface area contributed by atoms with Crippen LogP contribution in [0.25, 0.3) is 11.6 Å². The number of carbonyl (C=O) groups is 1. The summed E-state index contributed by atoms with van der Waals surface area (Å²) in [6.45, 7) is 0. The molecule has 3 aromatic carbocycles. The number of nitrogens with zero attached hydrogens (tertiary/aromatic N) is 1. The van der Waals surface area contributed by atoms with Gasteiger partial charge in [0.1, 0.15) is 0 Å². The van der Waals surface area contributed by atoms with Gasteiger partial charge in [-0.3, -0.25) is 0 Å². The van der Waals surface area contributed by atoms with Crippen molar-refractivity contribution < 1.29 is 14.3 Å². The summed E-state index contributed by atoms with van der Waals surface area (Å²) in [6.07, 6.45) is 1.72. The van der Waals surface area contributed by atoms with Crippen LogP contribution in [0.5, 0.6) is 11.5 Å². The van der Waals surface area contributed by atoms with Gasteiger partial charge < -0.3 is 9.47 Å². The first-order valence-corrected chi connectivity index (χ1v) is 9.29. The molecule has 0 saturated heterocycles. The highest BCUT2D eigenvalue weighted by atomic mass is 35.5. The van der Waals surface area contributed by atoms with Gasteiger partial charge in [0.05, 0.1) is 24.3 Å². The summed E-state index contributed by atoms with van der Waals surface area (Å²) >= 11 is 11.7. The quantitative estimate of drug-likeness (QED) is 0.209. The summed E-state index contributed by atoms with van der Waals surface area (Å²) in [4.78, 5) is 12.3. The largest absolute Gasteiger partial charge is 0.493 e. The van der Waals surface area contributed by atoms with Crippen molar-refractivity contribution in [1.82, 2.24) is 0 Å². The average Bonchev–Trinajstić information content (AvgIpc) is 2.74. The lowest BCUT2D eigenvalue weighted by Gasteiger charge is -2.10. The van der Waals surface area contributed by atoms with E-state index in [2.05, 4.69) is 6.07 Å². The standard InChI is InChI=1S/C23H15Cl2NO3/c1-28-22-13-15(12-18(14-26)16-3-7-19(24)8-4-16)2-11-21(22)29-23(27)17-5-9-20(25)10-6-17/h2-13H,1H3. The van der Waals surface area contributed by atoms with Crippen molar-refractivity contribution in [3.8, 4) is 17.6 Å². The van der Waals surface area contributed by atoms with E-state index in [4.69, 9.17) is 32.7 Å². The number of hydrogen-bond acceptors (Lipinski definition) is 4. The molecule has 0 bridgehead atoms. The van der Waals surface area contributed by atoms with Crippen LogP contribution in [0.3, 0.4) is 0 Å². The molecule has 0 unspecified atom stereocenters. The van der Waals surface area contributed by atoms with Crippen LogP contribution < -0.4 is 9.47 Å². The second-order valence-electron chi connectivity index (χ2n) is 5.98. The van der Waals surface area contributed by atoms with E-state index in [1.807, 2.05) is 0 Å². The molecule has 0 spiro atoms. The highest BCUT2D eigenvalue weighted by molar-refractivity contribution is 6.30. The van der Waals surface area contributed by atoms with E-state index in [1.54, 1.807) is 72.8 Å². The molecule has 0 aliphatic carbocycles. The molecule has 144 valence electrons. The molecule has 4 nitrogen and oxygen atoms in total. The van der Waals surface area contributed by atoms with E-state index in [1.165, 1.54) is 7.11 Å². The van der Waals surface area contributed by atoms with Crippen LogP contribution in [0.15, 0.2) is 66.7 Å². The lowest BCUT2D eigenvalue weighted by molar-refractivity contribution is 0.0729. The number of nitriles is 1. The number of rotatable bonds is 5. The van der Waals surface area contributed by atoms with E-state index in [0.717, 1.165) is 11.1 Å². The normalized spacial score (nSPS) is 10.9. The number of benzene rings is 3. The van der Waals surface area contributed by atoms with E-state index < -0.39 is 5.97 Å². The summed E-state index contributed by atoms with van der Waals surface area (Å²) < 4.78 is 10.8. The van der Waals surface area contributed by atoms with Crippen LogP contribution in [0.4, 0.5) is 0 Å². The predicted octanol–water partition coefficient (Wildman–Crippen LogP) is 6.29. The minimum absolute atomic E-state index is 0.273. The van der Waals surface area contributed by atoms with Gasteiger partial charge in [0.15, 0.2) is 11.5 Å². The van der Waals surface area contributed by atoms with Gasteiger partial charge in [-0.1, -0.05) is 41.4 Å². The summed E-state index contributed by atoms with van der Waals surface area (Å²) in [5.74, 6) is 0.117. The van der Waals surface area contributed by atoms with Crippen molar-refractivity contribution in [1.29, 1.82) is 5.26 Å². The Balaban J connectivity index is 1.86. The summed E-state index contributed by atoms with van der Waals surface area (Å²) in [7, 11) is 1.48. The van der Waals surface area contributed by atoms with Crippen LogP contribution in [0.2, 0.25) is 10.0 Å². The van der Waals surface area contributed by atoms with Gasteiger partial charge in [0, 0.05) is 10.0 Å². The van der Waals surface area contributed by atoms with E-state index in [-0.39, 0.29) is 5.75 Å². The maximum absolute atomic E-state index is 12.3. The summed E-state index contributed by atoms with van der Waals surface area (Å²) in [5, 5.41) is 10.6. The molecular formula is C23H15Cl2NO3. The Morgan fingerprint density at radius 2 is 1.48 bits per heavy atom. The Hall–Kier alpha value is -3.26. The zero-order valence-corrected chi connectivity index (χ0v) is 16.9. The zero-order valence-electron chi connectivity index (χ0n) is 15.4. The number of carbonyl (C=O) groups excluding carboxylic acids is 1. The monoisotopic (exact) mass is 423 g/mol. The summed E-state index contributed by atoms with van der Waals surface area (Å²) in [6, 6.07) is 20.6. The third kappa shape index (κ3) is 5.17. The molecule has 0 aliphatic rings. The Labute approximate surface area is 178 Å². The Morgan fingerprint density at radius 3 is 2.03 bits per heavy atom. The average molecular weight is 424 g/mol. The topological polar surface area (TPSA) is 59.3 Å². The second-order valence-corrected chi connectivity index (χ2v) is 6.86. The fourth-order valence-electron chi connectivity index (χ4n) is 2.58. The SMILES string of the molecule is COc1cc(C=C(C#N)c2ccc(Cl)cc2)ccc1OC(=O)c1ccc(Cl)cc1. The number of halogens is 2. The highest BCUT2D eigenvalue weighted by Crippen LogP contribution is 2.31. The first-order valence-electron chi connectivity index (χ1n) is 8.53. The molecule has 0 fully saturated rings. The van der Waals surface area contributed by atoms with Gasteiger partial charge in [-0.05, 0) is 65.7 Å². The molecule has 0 radical (unpaired) electrons. The molecule has 3 rings (SSSR count). The first kappa shape index (κ1) is 20.5. The molecule has 0 aliphatic heterocycles.